The van der Waals surface area contributed by atoms with E-state index in [9.17, 15) is 8.76 Å². The summed E-state index contributed by atoms with van der Waals surface area (Å²) in [6.07, 6.45) is 7.35. The first-order chi connectivity index (χ1) is 8.65. The second kappa shape index (κ2) is 7.24. The van der Waals surface area contributed by atoms with Crippen LogP contribution in [0.2, 0.25) is 0 Å². The average molecular weight is 293 g/mol. The lowest BCUT2D eigenvalue weighted by atomic mass is 9.82. The van der Waals surface area contributed by atoms with Gasteiger partial charge < -0.3 is 4.55 Å². The van der Waals surface area contributed by atoms with Crippen LogP contribution in [-0.2, 0) is 26.6 Å². The van der Waals surface area contributed by atoms with E-state index in [2.05, 4.69) is 4.31 Å². The van der Waals surface area contributed by atoms with Gasteiger partial charge in [-0.05, 0) is 37.5 Å². The molecule has 0 aromatic rings. The van der Waals surface area contributed by atoms with Crippen molar-refractivity contribution in [2.24, 2.45) is 11.8 Å². The van der Waals surface area contributed by atoms with Crippen LogP contribution in [0.15, 0.2) is 0 Å². The second-order valence-electron chi connectivity index (χ2n) is 5.34. The molecule has 2 rings (SSSR count). The van der Waals surface area contributed by atoms with Crippen molar-refractivity contribution >= 4 is 22.4 Å². The van der Waals surface area contributed by atoms with Crippen LogP contribution >= 0.6 is 0 Å². The Labute approximate surface area is 115 Å². The highest BCUT2D eigenvalue weighted by atomic mass is 32.2. The molecular weight excluding hydrogens is 270 g/mol. The van der Waals surface area contributed by atoms with E-state index >= 15 is 0 Å². The van der Waals surface area contributed by atoms with Crippen molar-refractivity contribution in [1.29, 1.82) is 0 Å². The second-order valence-corrected chi connectivity index (χ2v) is 7.95. The normalized spacial score (nSPS) is 35.8. The molecule has 6 heteroatoms. The zero-order valence-electron chi connectivity index (χ0n) is 11.0. The Kier molecular flexibility index (Phi) is 5.95. The summed E-state index contributed by atoms with van der Waals surface area (Å²) in [5.41, 5.74) is 0. The van der Waals surface area contributed by atoms with E-state index in [0.29, 0.717) is 18.4 Å². The molecule has 0 aromatic carbocycles. The van der Waals surface area contributed by atoms with Crippen molar-refractivity contribution in [3.05, 3.63) is 0 Å². The van der Waals surface area contributed by atoms with Gasteiger partial charge in [0.25, 0.3) is 0 Å². The molecule has 1 heterocycles. The number of hydrogen-bond acceptors (Lipinski definition) is 4. The van der Waals surface area contributed by atoms with Crippen molar-refractivity contribution in [3.63, 3.8) is 0 Å². The largest absolute Gasteiger partial charge is 0.598 e. The fourth-order valence-electron chi connectivity index (χ4n) is 2.83. The molecule has 18 heavy (non-hydrogen) atoms. The van der Waals surface area contributed by atoms with Gasteiger partial charge >= 0.3 is 0 Å². The molecule has 2 atom stereocenters. The summed E-state index contributed by atoms with van der Waals surface area (Å²) in [6.45, 7) is 2.63. The average Bonchev–Trinajstić information content (AvgIpc) is 2.74. The maximum atomic E-state index is 11.7. The molecule has 1 saturated heterocycles. The van der Waals surface area contributed by atoms with Gasteiger partial charge in [0, 0.05) is 37.1 Å². The maximum Gasteiger partial charge on any atom is 0.152 e. The molecule has 2 fully saturated rings. The fourth-order valence-corrected chi connectivity index (χ4v) is 4.56. The summed E-state index contributed by atoms with van der Waals surface area (Å²) in [5.74, 6) is 2.11. The van der Waals surface area contributed by atoms with Crippen LogP contribution in [-0.4, -0.2) is 44.8 Å². The lowest BCUT2D eigenvalue weighted by Gasteiger charge is -2.30. The Morgan fingerprint density at radius 1 is 1.33 bits per heavy atom. The van der Waals surface area contributed by atoms with Crippen LogP contribution in [0, 0.1) is 11.8 Å². The van der Waals surface area contributed by atoms with E-state index < -0.39 is 22.4 Å². The van der Waals surface area contributed by atoms with E-state index in [1.807, 2.05) is 0 Å². The number of nitrogens with zero attached hydrogens (tertiary/aromatic N) is 1. The minimum Gasteiger partial charge on any atom is -0.598 e. The van der Waals surface area contributed by atoms with Gasteiger partial charge in [0.2, 0.25) is 0 Å². The van der Waals surface area contributed by atoms with E-state index in [0.717, 1.165) is 38.1 Å². The summed E-state index contributed by atoms with van der Waals surface area (Å²) in [5, 5.41) is 0. The summed E-state index contributed by atoms with van der Waals surface area (Å²) < 4.78 is 29.9. The third-order valence-electron chi connectivity index (χ3n) is 3.91. The van der Waals surface area contributed by atoms with Gasteiger partial charge in [-0.25, -0.2) is 4.21 Å². The first kappa shape index (κ1) is 14.8. The fraction of sp³-hybridized carbons (Fsp3) is 1.00. The van der Waals surface area contributed by atoms with E-state index in [1.165, 1.54) is 12.8 Å². The van der Waals surface area contributed by atoms with Gasteiger partial charge in [0.05, 0.1) is 6.61 Å². The van der Waals surface area contributed by atoms with Gasteiger partial charge in [-0.1, -0.05) is 0 Å². The highest BCUT2D eigenvalue weighted by Crippen LogP contribution is 2.31. The predicted octanol–water partition coefficient (Wildman–Crippen LogP) is 1.47. The maximum absolute atomic E-state index is 11.7. The first-order valence-corrected chi connectivity index (χ1v) is 9.51. The molecule has 2 aliphatic rings. The smallest absolute Gasteiger partial charge is 0.152 e. The molecule has 0 spiro atoms. The third kappa shape index (κ3) is 4.49. The number of hydrogen-bond donors (Lipinski definition) is 0. The Balaban J connectivity index is 1.65. The number of rotatable bonds is 5. The standard InChI is InChI=1S/C12H23NO3S2/c1-17(14)16-10-12-5-3-11(4-6-12)9-13-7-2-8-18(13)15/h11-12H,2-10H2,1H3. The lowest BCUT2D eigenvalue weighted by Crippen LogP contribution is -2.33. The molecule has 1 aliphatic heterocycles. The Morgan fingerprint density at radius 2 is 2.00 bits per heavy atom. The molecule has 0 amide bonds. The molecule has 4 nitrogen and oxygen atoms in total. The molecule has 0 bridgehead atoms. The molecule has 106 valence electrons. The topological polar surface area (TPSA) is 52.6 Å². The van der Waals surface area contributed by atoms with Crippen LogP contribution in [0.3, 0.4) is 0 Å². The summed E-state index contributed by atoms with van der Waals surface area (Å²) >= 11 is -1.85. The first-order valence-electron chi connectivity index (χ1n) is 6.75. The van der Waals surface area contributed by atoms with Crippen LogP contribution in [0.4, 0.5) is 0 Å². The Hall–Kier alpha value is 0.380. The van der Waals surface area contributed by atoms with Crippen molar-refractivity contribution < 1.29 is 12.9 Å². The van der Waals surface area contributed by atoms with Crippen molar-refractivity contribution in [2.75, 3.05) is 31.7 Å². The quantitative estimate of drug-likeness (QED) is 0.720. The summed E-state index contributed by atoms with van der Waals surface area (Å²) in [4.78, 5) is 0. The molecule has 1 aliphatic carbocycles. The lowest BCUT2D eigenvalue weighted by molar-refractivity contribution is 0.182. The highest BCUT2D eigenvalue weighted by Gasteiger charge is 2.31. The molecule has 1 saturated carbocycles. The van der Waals surface area contributed by atoms with E-state index in [4.69, 9.17) is 4.18 Å². The van der Waals surface area contributed by atoms with E-state index in [1.54, 1.807) is 6.26 Å². The van der Waals surface area contributed by atoms with Gasteiger partial charge in [-0.15, -0.1) is 4.31 Å². The van der Waals surface area contributed by atoms with E-state index in [-0.39, 0.29) is 0 Å². The van der Waals surface area contributed by atoms with Crippen LogP contribution in [0.25, 0.3) is 0 Å². The molecule has 0 aromatic heterocycles. The van der Waals surface area contributed by atoms with Gasteiger partial charge in [0.15, 0.2) is 11.1 Å². The molecule has 2 unspecified atom stereocenters. The molecular formula is C12H23NO3S2. The summed E-state index contributed by atoms with van der Waals surface area (Å²) in [7, 11) is 0. The van der Waals surface area contributed by atoms with Crippen molar-refractivity contribution in [1.82, 2.24) is 4.31 Å². The zero-order valence-corrected chi connectivity index (χ0v) is 12.6. The Morgan fingerprint density at radius 3 is 2.56 bits per heavy atom. The van der Waals surface area contributed by atoms with Crippen molar-refractivity contribution in [3.8, 4) is 0 Å². The molecule has 0 N–H and O–H groups in total. The summed E-state index contributed by atoms with van der Waals surface area (Å²) in [6, 6.07) is 0. The minimum absolute atomic E-state index is 0.564. The van der Waals surface area contributed by atoms with Crippen LogP contribution < -0.4 is 0 Å². The van der Waals surface area contributed by atoms with Crippen molar-refractivity contribution in [2.45, 2.75) is 32.1 Å². The van der Waals surface area contributed by atoms with Crippen LogP contribution in [0.1, 0.15) is 32.1 Å². The monoisotopic (exact) mass is 293 g/mol. The Bertz CT molecular complexity index is 282. The SMILES string of the molecule is CS(=O)OCC1CCC(CN2CCC[S+]2[O-])CC1. The zero-order chi connectivity index (χ0) is 13.0. The van der Waals surface area contributed by atoms with Gasteiger partial charge in [-0.3, -0.25) is 4.18 Å². The highest BCUT2D eigenvalue weighted by molar-refractivity contribution is 7.89. The van der Waals surface area contributed by atoms with Gasteiger partial charge in [0.1, 0.15) is 5.75 Å². The predicted molar refractivity (Wildman–Crippen MR) is 74.7 cm³/mol. The van der Waals surface area contributed by atoms with Gasteiger partial charge in [-0.2, -0.15) is 0 Å². The van der Waals surface area contributed by atoms with Crippen LogP contribution in [0.5, 0.6) is 0 Å². The molecule has 0 radical (unpaired) electrons. The minimum atomic E-state index is -1.13. The third-order valence-corrected chi connectivity index (χ3v) is 5.93.